The Kier molecular flexibility index (Phi) is 4.44. The van der Waals surface area contributed by atoms with Crippen LogP contribution < -0.4 is 5.32 Å². The van der Waals surface area contributed by atoms with E-state index in [1.54, 1.807) is 10.9 Å². The van der Waals surface area contributed by atoms with E-state index in [-0.39, 0.29) is 11.8 Å². The number of hydrogen-bond acceptors (Lipinski definition) is 5. The van der Waals surface area contributed by atoms with Gasteiger partial charge in [0.2, 0.25) is 11.7 Å². The van der Waals surface area contributed by atoms with Crippen LogP contribution in [0.4, 0.5) is 0 Å². The molecular formula is C22H19N7O. The molecule has 0 fully saturated rings. The highest BCUT2D eigenvalue weighted by Gasteiger charge is 2.31. The van der Waals surface area contributed by atoms with Gasteiger partial charge in [0.25, 0.3) is 0 Å². The highest BCUT2D eigenvalue weighted by atomic mass is 16.1. The summed E-state index contributed by atoms with van der Waals surface area (Å²) in [5.41, 5.74) is 5.76. The predicted octanol–water partition coefficient (Wildman–Crippen LogP) is 2.77. The number of allylic oxidation sites excluding steroid dienone is 1. The number of carbonyl (C=O) groups excluding carboxylic acids is 1. The third-order valence-electron chi connectivity index (χ3n) is 5.27. The zero-order valence-electron chi connectivity index (χ0n) is 16.3. The van der Waals surface area contributed by atoms with Crippen LogP contribution in [0.3, 0.4) is 0 Å². The first-order valence-electron chi connectivity index (χ1n) is 9.61. The number of nitrogens with one attached hydrogen (secondary N) is 2. The summed E-state index contributed by atoms with van der Waals surface area (Å²) in [4.78, 5) is 12.7. The molecule has 0 radical (unpaired) electrons. The second kappa shape index (κ2) is 7.40. The number of benzene rings is 2. The van der Waals surface area contributed by atoms with Crippen molar-refractivity contribution in [2.45, 2.75) is 12.3 Å². The molecule has 1 aliphatic rings. The number of aromatic amines is 1. The normalized spacial score (nSPS) is 16.6. The fourth-order valence-corrected chi connectivity index (χ4v) is 3.89. The summed E-state index contributed by atoms with van der Waals surface area (Å²) in [6.07, 6.45) is 4.07. The molecule has 3 heterocycles. The van der Waals surface area contributed by atoms with Gasteiger partial charge in [0.15, 0.2) is 0 Å². The average molecular weight is 397 g/mol. The van der Waals surface area contributed by atoms with E-state index >= 15 is 0 Å². The van der Waals surface area contributed by atoms with E-state index in [9.17, 15) is 4.79 Å². The van der Waals surface area contributed by atoms with Crippen LogP contribution in [0, 0.1) is 0 Å². The van der Waals surface area contributed by atoms with E-state index in [1.165, 1.54) is 0 Å². The molecule has 30 heavy (non-hydrogen) atoms. The predicted molar refractivity (Wildman–Crippen MR) is 112 cm³/mol. The van der Waals surface area contributed by atoms with Gasteiger partial charge in [-0.1, -0.05) is 54.6 Å². The number of carbonyl (C=O) groups is 1. The molecule has 0 bridgehead atoms. The van der Waals surface area contributed by atoms with Crippen LogP contribution in [-0.4, -0.2) is 36.3 Å². The van der Waals surface area contributed by atoms with Gasteiger partial charge in [0.05, 0.1) is 11.9 Å². The smallest absolute Gasteiger partial charge is 0.225 e. The van der Waals surface area contributed by atoms with E-state index < -0.39 is 0 Å². The van der Waals surface area contributed by atoms with Crippen LogP contribution in [0.2, 0.25) is 0 Å². The average Bonchev–Trinajstić information content (AvgIpc) is 3.46. The van der Waals surface area contributed by atoms with Crippen molar-refractivity contribution in [3.63, 3.8) is 0 Å². The van der Waals surface area contributed by atoms with Crippen molar-refractivity contribution < 1.29 is 4.79 Å². The van der Waals surface area contributed by atoms with Crippen molar-refractivity contribution in [2.75, 3.05) is 0 Å². The maximum Gasteiger partial charge on any atom is 0.225 e. The van der Waals surface area contributed by atoms with Gasteiger partial charge in [-0.15, -0.1) is 10.2 Å². The largest absolute Gasteiger partial charge is 0.325 e. The van der Waals surface area contributed by atoms with Gasteiger partial charge in [-0.05, 0) is 21.9 Å². The molecule has 148 valence electrons. The maximum absolute atomic E-state index is 12.7. The van der Waals surface area contributed by atoms with Crippen molar-refractivity contribution >= 4 is 17.2 Å². The van der Waals surface area contributed by atoms with Gasteiger partial charge < -0.3 is 5.32 Å². The number of aromatic nitrogens is 6. The summed E-state index contributed by atoms with van der Waals surface area (Å²) in [6, 6.07) is 18.1. The van der Waals surface area contributed by atoms with Crippen LogP contribution in [-0.2, 0) is 11.8 Å². The minimum Gasteiger partial charge on any atom is -0.325 e. The van der Waals surface area contributed by atoms with E-state index in [2.05, 4.69) is 43.2 Å². The lowest BCUT2D eigenvalue weighted by molar-refractivity contribution is -0.120. The number of rotatable bonds is 4. The molecule has 1 unspecified atom stereocenters. The molecule has 1 atom stereocenters. The molecule has 2 N–H and O–H groups in total. The summed E-state index contributed by atoms with van der Waals surface area (Å²) >= 11 is 0. The fourth-order valence-electron chi connectivity index (χ4n) is 3.89. The SMILES string of the molecule is Cn1cc(C2=C(c3ccccc3)C(c3ccc(-c4nn[nH]n4)cc3)CC(=O)N2)cn1. The summed E-state index contributed by atoms with van der Waals surface area (Å²) in [7, 11) is 1.87. The molecule has 2 aromatic heterocycles. The van der Waals surface area contributed by atoms with Crippen LogP contribution >= 0.6 is 0 Å². The lowest BCUT2D eigenvalue weighted by atomic mass is 9.80. The van der Waals surface area contributed by atoms with Gasteiger partial charge in [0, 0.05) is 36.7 Å². The second-order valence-corrected chi connectivity index (χ2v) is 7.22. The third-order valence-corrected chi connectivity index (χ3v) is 5.27. The molecule has 8 nitrogen and oxygen atoms in total. The van der Waals surface area contributed by atoms with Crippen molar-refractivity contribution in [1.29, 1.82) is 0 Å². The summed E-state index contributed by atoms with van der Waals surface area (Å²) in [6.45, 7) is 0. The fraction of sp³-hybridized carbons (Fsp3) is 0.136. The number of amides is 1. The van der Waals surface area contributed by atoms with Gasteiger partial charge in [-0.25, -0.2) is 0 Å². The molecule has 8 heteroatoms. The van der Waals surface area contributed by atoms with E-state index in [0.29, 0.717) is 12.2 Å². The molecule has 5 rings (SSSR count). The van der Waals surface area contributed by atoms with E-state index in [4.69, 9.17) is 0 Å². The monoisotopic (exact) mass is 397 g/mol. The first kappa shape index (κ1) is 18.0. The zero-order chi connectivity index (χ0) is 20.5. The highest BCUT2D eigenvalue weighted by Crippen LogP contribution is 2.42. The number of tetrazole rings is 1. The third kappa shape index (κ3) is 3.28. The number of aryl methyl sites for hydroxylation is 1. The Labute approximate surface area is 172 Å². The lowest BCUT2D eigenvalue weighted by Crippen LogP contribution is -2.30. The Morgan fingerprint density at radius 1 is 1.00 bits per heavy atom. The molecule has 2 aromatic carbocycles. The van der Waals surface area contributed by atoms with Crippen molar-refractivity contribution in [3.05, 3.63) is 83.7 Å². The number of nitrogens with zero attached hydrogens (tertiary/aromatic N) is 5. The van der Waals surface area contributed by atoms with E-state index in [0.717, 1.165) is 33.5 Å². The number of hydrogen-bond donors (Lipinski definition) is 2. The van der Waals surface area contributed by atoms with Crippen LogP contribution in [0.1, 0.15) is 29.0 Å². The Balaban J connectivity index is 1.64. The molecule has 1 aliphatic heterocycles. The molecule has 0 spiro atoms. The molecule has 1 amide bonds. The molecule has 0 saturated heterocycles. The standard InChI is InChI=1S/C22H19N7O/c1-29-13-17(12-23-29)21-20(15-5-3-2-4-6-15)18(11-19(30)24-21)14-7-9-16(10-8-14)22-25-27-28-26-22/h2-10,12-13,18H,11H2,1H3,(H,24,30)(H,25,26,27,28). The van der Waals surface area contributed by atoms with Crippen molar-refractivity contribution in [2.24, 2.45) is 7.05 Å². The van der Waals surface area contributed by atoms with Crippen molar-refractivity contribution in [3.8, 4) is 11.4 Å². The van der Waals surface area contributed by atoms with Crippen LogP contribution in [0.25, 0.3) is 22.7 Å². The van der Waals surface area contributed by atoms with Gasteiger partial charge in [-0.2, -0.15) is 10.3 Å². The zero-order valence-corrected chi connectivity index (χ0v) is 16.3. The quantitative estimate of drug-likeness (QED) is 0.551. The summed E-state index contributed by atoms with van der Waals surface area (Å²) in [5.74, 6) is 0.439. The Morgan fingerprint density at radius 2 is 1.80 bits per heavy atom. The second-order valence-electron chi connectivity index (χ2n) is 7.22. The summed E-state index contributed by atoms with van der Waals surface area (Å²) in [5, 5.41) is 21.5. The Morgan fingerprint density at radius 3 is 2.47 bits per heavy atom. The van der Waals surface area contributed by atoms with Gasteiger partial charge >= 0.3 is 0 Å². The first-order valence-corrected chi connectivity index (χ1v) is 9.61. The minimum absolute atomic E-state index is 0.0132. The Hall–Kier alpha value is -4.07. The highest BCUT2D eigenvalue weighted by molar-refractivity contribution is 6.03. The molecule has 4 aromatic rings. The number of H-pyrrole nitrogens is 1. The van der Waals surface area contributed by atoms with E-state index in [1.807, 2.05) is 55.7 Å². The van der Waals surface area contributed by atoms with Crippen LogP contribution in [0.5, 0.6) is 0 Å². The Bertz CT molecular complexity index is 1210. The van der Waals surface area contributed by atoms with Gasteiger partial charge in [-0.3, -0.25) is 9.48 Å². The topological polar surface area (TPSA) is 101 Å². The lowest BCUT2D eigenvalue weighted by Gasteiger charge is -2.29. The minimum atomic E-state index is -0.0873. The molecular weight excluding hydrogens is 378 g/mol. The van der Waals surface area contributed by atoms with Crippen LogP contribution in [0.15, 0.2) is 67.0 Å². The maximum atomic E-state index is 12.7. The first-order chi connectivity index (χ1) is 14.7. The molecule has 0 aliphatic carbocycles. The molecule has 0 saturated carbocycles. The van der Waals surface area contributed by atoms with Gasteiger partial charge in [0.1, 0.15) is 0 Å². The van der Waals surface area contributed by atoms with Crippen molar-refractivity contribution in [1.82, 2.24) is 35.7 Å². The summed E-state index contributed by atoms with van der Waals surface area (Å²) < 4.78 is 1.74.